The minimum absolute atomic E-state index is 0.0319. The number of benzene rings is 1. The van der Waals surface area contributed by atoms with E-state index in [0.717, 1.165) is 5.39 Å². The number of nitrogens with one attached hydrogen (secondary N) is 1. The molecule has 1 unspecified atom stereocenters. The molecule has 0 spiro atoms. The summed E-state index contributed by atoms with van der Waals surface area (Å²) in [7, 11) is 0. The Kier molecular flexibility index (Phi) is 1.98. The number of nitro groups is 1. The Morgan fingerprint density at radius 3 is 3.12 bits per heavy atom. The summed E-state index contributed by atoms with van der Waals surface area (Å²) >= 11 is 0. The molecule has 1 aromatic heterocycles. The van der Waals surface area contributed by atoms with Crippen LogP contribution in [0.2, 0.25) is 0 Å². The fraction of sp³-hybridized carbons (Fsp3) is 0.273. The maximum atomic E-state index is 10.8. The Labute approximate surface area is 96.0 Å². The highest BCUT2D eigenvalue weighted by atomic mass is 16.6. The molecule has 0 bridgehead atoms. The Morgan fingerprint density at radius 1 is 1.53 bits per heavy atom. The molecule has 6 heteroatoms. The van der Waals surface area contributed by atoms with Gasteiger partial charge in [-0.25, -0.2) is 0 Å². The van der Waals surface area contributed by atoms with Crippen LogP contribution in [-0.4, -0.2) is 27.7 Å². The lowest BCUT2D eigenvalue weighted by molar-refractivity contribution is -0.525. The highest BCUT2D eigenvalue weighted by molar-refractivity contribution is 5.92. The first kappa shape index (κ1) is 9.95. The van der Waals surface area contributed by atoms with Crippen molar-refractivity contribution in [2.45, 2.75) is 12.5 Å². The van der Waals surface area contributed by atoms with Crippen LogP contribution in [0.1, 0.15) is 5.56 Å². The van der Waals surface area contributed by atoms with Crippen LogP contribution in [0.25, 0.3) is 10.8 Å². The molecule has 17 heavy (non-hydrogen) atoms. The van der Waals surface area contributed by atoms with Crippen LogP contribution in [0, 0.1) is 10.1 Å². The van der Waals surface area contributed by atoms with Crippen molar-refractivity contribution in [3.63, 3.8) is 0 Å². The Hall–Kier alpha value is -2.24. The van der Waals surface area contributed by atoms with Gasteiger partial charge in [0.1, 0.15) is 5.75 Å². The van der Waals surface area contributed by atoms with Crippen molar-refractivity contribution in [3.05, 3.63) is 34.0 Å². The fourth-order valence-corrected chi connectivity index (χ4v) is 2.22. The summed E-state index contributed by atoms with van der Waals surface area (Å²) in [6.45, 7) is 0.0801. The number of rotatable bonds is 1. The molecule has 6 nitrogen and oxygen atoms in total. The number of nitrogens with zero attached hydrogens (tertiary/aromatic N) is 1. The van der Waals surface area contributed by atoms with Crippen molar-refractivity contribution in [1.29, 1.82) is 0 Å². The SMILES string of the molecule is O=[N+]([O-])C1COc2ccc3c[nH]c(O)c3c2C1. The zero-order chi connectivity index (χ0) is 12.0. The van der Waals surface area contributed by atoms with Crippen LogP contribution in [0.4, 0.5) is 0 Å². The zero-order valence-electron chi connectivity index (χ0n) is 8.84. The van der Waals surface area contributed by atoms with Gasteiger partial charge < -0.3 is 14.8 Å². The molecule has 3 rings (SSSR count). The van der Waals surface area contributed by atoms with Gasteiger partial charge in [0.15, 0.2) is 12.5 Å². The number of H-pyrrole nitrogens is 1. The van der Waals surface area contributed by atoms with Gasteiger partial charge in [-0.15, -0.1) is 0 Å². The Bertz CT molecular complexity index is 605. The molecule has 0 amide bonds. The Morgan fingerprint density at radius 2 is 2.35 bits per heavy atom. The number of aromatic nitrogens is 1. The van der Waals surface area contributed by atoms with Crippen LogP contribution in [0.15, 0.2) is 18.3 Å². The van der Waals surface area contributed by atoms with Gasteiger partial charge in [-0.3, -0.25) is 10.1 Å². The summed E-state index contributed by atoms with van der Waals surface area (Å²) in [5, 5.41) is 21.9. The number of ether oxygens (including phenoxy) is 1. The van der Waals surface area contributed by atoms with Gasteiger partial charge >= 0.3 is 0 Å². The topological polar surface area (TPSA) is 88.4 Å². The molecule has 1 aromatic carbocycles. The van der Waals surface area contributed by atoms with Gasteiger partial charge in [0.25, 0.3) is 6.04 Å². The van der Waals surface area contributed by atoms with Crippen molar-refractivity contribution >= 4 is 10.8 Å². The summed E-state index contributed by atoms with van der Waals surface area (Å²) < 4.78 is 5.36. The highest BCUT2D eigenvalue weighted by Gasteiger charge is 2.30. The Balaban J connectivity index is 2.18. The van der Waals surface area contributed by atoms with E-state index < -0.39 is 6.04 Å². The lowest BCUT2D eigenvalue weighted by Gasteiger charge is -2.20. The van der Waals surface area contributed by atoms with Crippen LogP contribution in [0.3, 0.4) is 0 Å². The second-order valence-corrected chi connectivity index (χ2v) is 4.10. The van der Waals surface area contributed by atoms with Gasteiger partial charge in [0, 0.05) is 28.5 Å². The molecule has 1 aliphatic rings. The fourth-order valence-electron chi connectivity index (χ4n) is 2.22. The first-order valence-electron chi connectivity index (χ1n) is 5.25. The van der Waals surface area contributed by atoms with Crippen molar-refractivity contribution in [2.24, 2.45) is 0 Å². The molecule has 88 valence electrons. The highest BCUT2D eigenvalue weighted by Crippen LogP contribution is 2.36. The van der Waals surface area contributed by atoms with E-state index >= 15 is 0 Å². The van der Waals surface area contributed by atoms with E-state index in [1.807, 2.05) is 6.07 Å². The third kappa shape index (κ3) is 1.41. The second kappa shape index (κ2) is 3.38. The van der Waals surface area contributed by atoms with Gasteiger partial charge in [0.2, 0.25) is 0 Å². The maximum absolute atomic E-state index is 10.8. The van der Waals surface area contributed by atoms with Crippen LogP contribution in [-0.2, 0) is 6.42 Å². The first-order valence-corrected chi connectivity index (χ1v) is 5.25. The number of hydrogen-bond acceptors (Lipinski definition) is 4. The number of hydrogen-bond donors (Lipinski definition) is 2. The average molecular weight is 234 g/mol. The van der Waals surface area contributed by atoms with E-state index in [0.29, 0.717) is 16.7 Å². The standard InChI is InChI=1S/C11H10N2O4/c14-11-10-6(4-12-11)1-2-9-8(10)3-7(5-17-9)13(15)16/h1-2,4,7,12,14H,3,5H2. The quantitative estimate of drug-likeness (QED) is 0.577. The molecule has 2 aromatic rings. The van der Waals surface area contributed by atoms with Crippen molar-refractivity contribution in [2.75, 3.05) is 6.61 Å². The van der Waals surface area contributed by atoms with Gasteiger partial charge in [0.05, 0.1) is 5.39 Å². The monoisotopic (exact) mass is 234 g/mol. The number of aromatic amines is 1. The predicted octanol–water partition coefficient (Wildman–Crippen LogP) is 1.45. The smallest absolute Gasteiger partial charge is 0.250 e. The van der Waals surface area contributed by atoms with Gasteiger partial charge in [-0.05, 0) is 12.1 Å². The average Bonchev–Trinajstić information content (AvgIpc) is 2.70. The first-order chi connectivity index (χ1) is 8.16. The lowest BCUT2D eigenvalue weighted by atomic mass is 9.98. The number of fused-ring (bicyclic) bond motifs is 3. The molecule has 2 heterocycles. The molecule has 1 aliphatic heterocycles. The van der Waals surface area contributed by atoms with Gasteiger partial charge in [-0.1, -0.05) is 0 Å². The molecular formula is C11H10N2O4. The van der Waals surface area contributed by atoms with Crippen LogP contribution >= 0.6 is 0 Å². The molecule has 2 N–H and O–H groups in total. The summed E-state index contributed by atoms with van der Waals surface area (Å²) in [5.41, 5.74) is 0.703. The summed E-state index contributed by atoms with van der Waals surface area (Å²) in [6.07, 6.45) is 1.95. The van der Waals surface area contributed by atoms with Crippen molar-refractivity contribution in [1.82, 2.24) is 4.98 Å². The summed E-state index contributed by atoms with van der Waals surface area (Å²) in [6, 6.07) is 2.85. The van der Waals surface area contributed by atoms with E-state index in [4.69, 9.17) is 4.74 Å². The minimum atomic E-state index is -0.748. The molecule has 0 saturated carbocycles. The van der Waals surface area contributed by atoms with Crippen molar-refractivity contribution < 1.29 is 14.8 Å². The molecule has 1 atom stereocenters. The number of aromatic hydroxyl groups is 1. The van der Waals surface area contributed by atoms with E-state index in [1.54, 1.807) is 12.3 Å². The summed E-state index contributed by atoms with van der Waals surface area (Å²) in [5.74, 6) is 0.648. The predicted molar refractivity (Wildman–Crippen MR) is 59.9 cm³/mol. The largest absolute Gasteiger partial charge is 0.494 e. The molecule has 0 fully saturated rings. The van der Waals surface area contributed by atoms with E-state index in [1.165, 1.54) is 0 Å². The lowest BCUT2D eigenvalue weighted by Crippen LogP contribution is -2.33. The maximum Gasteiger partial charge on any atom is 0.250 e. The van der Waals surface area contributed by atoms with Crippen LogP contribution in [0.5, 0.6) is 11.6 Å². The van der Waals surface area contributed by atoms with E-state index in [-0.39, 0.29) is 23.8 Å². The van der Waals surface area contributed by atoms with Crippen molar-refractivity contribution in [3.8, 4) is 11.6 Å². The normalized spacial score (nSPS) is 18.7. The molecular weight excluding hydrogens is 224 g/mol. The molecule has 0 radical (unpaired) electrons. The van der Waals surface area contributed by atoms with E-state index in [9.17, 15) is 15.2 Å². The summed E-state index contributed by atoms with van der Waals surface area (Å²) in [4.78, 5) is 13.1. The second-order valence-electron chi connectivity index (χ2n) is 4.10. The third-order valence-electron chi connectivity index (χ3n) is 3.07. The zero-order valence-corrected chi connectivity index (χ0v) is 8.84. The van der Waals surface area contributed by atoms with Gasteiger partial charge in [-0.2, -0.15) is 0 Å². The minimum Gasteiger partial charge on any atom is -0.494 e. The van der Waals surface area contributed by atoms with Crippen LogP contribution < -0.4 is 4.74 Å². The van der Waals surface area contributed by atoms with E-state index in [2.05, 4.69) is 4.98 Å². The molecule has 0 saturated heterocycles. The molecule has 0 aliphatic carbocycles. The third-order valence-corrected chi connectivity index (χ3v) is 3.07.